The van der Waals surface area contributed by atoms with Crippen molar-refractivity contribution in [2.75, 3.05) is 6.61 Å². The van der Waals surface area contributed by atoms with Crippen LogP contribution in [0.5, 0.6) is 0 Å². The van der Waals surface area contributed by atoms with E-state index in [1.54, 1.807) is 0 Å². The summed E-state index contributed by atoms with van der Waals surface area (Å²) < 4.78 is 81.1. The third-order valence-corrected chi connectivity index (χ3v) is 9.08. The van der Waals surface area contributed by atoms with Crippen molar-refractivity contribution in [3.05, 3.63) is 173 Å². The predicted molar refractivity (Wildman–Crippen MR) is 205 cm³/mol. The molecule has 1 aliphatic rings. The van der Waals surface area contributed by atoms with Crippen LogP contribution in [0.4, 0.5) is 18.9 Å². The Balaban J connectivity index is 1.38. The first-order valence-electron chi connectivity index (χ1n) is 17.7. The molecule has 0 N–H and O–H groups in total. The van der Waals surface area contributed by atoms with Crippen LogP contribution < -0.4 is 0 Å². The topological polar surface area (TPSA) is 67.7 Å². The van der Waals surface area contributed by atoms with Gasteiger partial charge in [-0.1, -0.05) is 157 Å². The van der Waals surface area contributed by atoms with Gasteiger partial charge < -0.3 is 28.4 Å². The molecule has 1 heterocycles. The molecule has 288 valence electrons. The van der Waals surface area contributed by atoms with Crippen LogP contribution in [0.25, 0.3) is 0 Å². The highest BCUT2D eigenvalue weighted by atomic mass is 35.5. The summed E-state index contributed by atoms with van der Waals surface area (Å²) in [5.74, 6) is -0.423. The molecule has 0 aliphatic carbocycles. The van der Waals surface area contributed by atoms with E-state index < -0.39 is 58.9 Å². The Labute approximate surface area is 328 Å². The predicted octanol–water partition coefficient (Wildman–Crippen LogP) is 10.3. The lowest BCUT2D eigenvalue weighted by Crippen LogP contribution is -2.62. The van der Waals surface area contributed by atoms with E-state index in [-0.39, 0.29) is 33.0 Å². The van der Waals surface area contributed by atoms with Crippen LogP contribution in [0.2, 0.25) is 0 Å². The lowest BCUT2D eigenvalue weighted by atomic mass is 9.97. The Morgan fingerprint density at radius 3 is 1.51 bits per heavy atom. The Morgan fingerprint density at radius 2 is 1.02 bits per heavy atom. The standard InChI is InChI=1S/C43H40Cl2F3NO6/c44-40(45)41(49-35-24-14-13-23-34(35)43(46,47)48)55-42-39(53-28-33-21-11-4-12-22-33)38(52-27-32-19-9-3-10-20-32)37(51-26-31-17-7-2-8-18-31)36(54-42)29-50-25-30-15-5-1-6-16-30/h1-24,36-40,42H,25-29H2/t36-,37-,38+,39-,42?/m1/s1. The highest BCUT2D eigenvalue weighted by molar-refractivity contribution is 6.53. The number of rotatable bonds is 16. The van der Waals surface area contributed by atoms with Gasteiger partial charge in [0.1, 0.15) is 24.4 Å². The molecule has 1 aliphatic heterocycles. The van der Waals surface area contributed by atoms with Gasteiger partial charge in [0, 0.05) is 0 Å². The van der Waals surface area contributed by atoms with Crippen molar-refractivity contribution in [3.8, 4) is 0 Å². The maximum atomic E-state index is 14.0. The van der Waals surface area contributed by atoms with Gasteiger partial charge in [-0.3, -0.25) is 0 Å². The number of ether oxygens (including phenoxy) is 6. The molecular formula is C43H40Cl2F3NO6. The molecule has 5 aromatic carbocycles. The molecule has 7 nitrogen and oxygen atoms in total. The number of benzene rings is 5. The Hall–Kier alpha value is -4.26. The summed E-state index contributed by atoms with van der Waals surface area (Å²) >= 11 is 12.7. The second-order valence-electron chi connectivity index (χ2n) is 12.7. The van der Waals surface area contributed by atoms with Crippen molar-refractivity contribution in [2.45, 2.75) is 68.1 Å². The zero-order chi connectivity index (χ0) is 38.5. The number of alkyl halides is 5. The minimum absolute atomic E-state index is 0.0272. The SMILES string of the molecule is FC(F)(F)c1ccccc1N=C(OC1O[C@H](COCc2ccccc2)[C@@H](OCc2ccccc2)[C@H](OCc2ccccc2)[C@H]1OCc1ccccc1)C(Cl)Cl. The van der Waals surface area contributed by atoms with Crippen LogP contribution in [0.1, 0.15) is 27.8 Å². The lowest BCUT2D eigenvalue weighted by molar-refractivity contribution is -0.313. The van der Waals surface area contributed by atoms with Crippen molar-refractivity contribution in [2.24, 2.45) is 4.99 Å². The molecule has 0 aromatic heterocycles. The summed E-state index contributed by atoms with van der Waals surface area (Å²) in [5, 5.41) is 0. The normalized spacial score (nSPS) is 20.4. The monoisotopic (exact) mass is 793 g/mol. The number of halogens is 5. The summed E-state index contributed by atoms with van der Waals surface area (Å²) in [7, 11) is 0. The molecule has 0 radical (unpaired) electrons. The summed E-state index contributed by atoms with van der Waals surface area (Å²) in [4.78, 5) is 2.70. The van der Waals surface area contributed by atoms with Crippen LogP contribution in [0.15, 0.2) is 151 Å². The van der Waals surface area contributed by atoms with Crippen LogP contribution in [-0.2, 0) is 61.0 Å². The molecule has 6 rings (SSSR count). The highest BCUT2D eigenvalue weighted by Crippen LogP contribution is 2.37. The fraction of sp³-hybridized carbons (Fsp3) is 0.279. The first kappa shape index (κ1) is 40.4. The van der Waals surface area contributed by atoms with E-state index in [0.29, 0.717) is 0 Å². The third kappa shape index (κ3) is 11.9. The lowest BCUT2D eigenvalue weighted by Gasteiger charge is -2.45. The second kappa shape index (κ2) is 20.1. The van der Waals surface area contributed by atoms with E-state index in [1.165, 1.54) is 18.2 Å². The van der Waals surface area contributed by atoms with Crippen molar-refractivity contribution in [1.29, 1.82) is 0 Å². The van der Waals surface area contributed by atoms with Gasteiger partial charge in [-0.05, 0) is 34.4 Å². The fourth-order valence-corrected chi connectivity index (χ4v) is 6.22. The van der Waals surface area contributed by atoms with E-state index in [2.05, 4.69) is 4.99 Å². The number of aliphatic imine (C=N–C) groups is 1. The van der Waals surface area contributed by atoms with Gasteiger partial charge in [0.05, 0.1) is 44.3 Å². The first-order chi connectivity index (χ1) is 26.7. The molecule has 5 atom stereocenters. The van der Waals surface area contributed by atoms with Crippen molar-refractivity contribution in [3.63, 3.8) is 0 Å². The van der Waals surface area contributed by atoms with Crippen molar-refractivity contribution >= 4 is 34.8 Å². The van der Waals surface area contributed by atoms with Crippen LogP contribution in [-0.4, -0.2) is 48.0 Å². The van der Waals surface area contributed by atoms with E-state index in [1.807, 2.05) is 121 Å². The molecule has 12 heteroatoms. The second-order valence-corrected chi connectivity index (χ2v) is 13.8. The Morgan fingerprint density at radius 1 is 0.582 bits per heavy atom. The number of nitrogens with zero attached hydrogens (tertiary/aromatic N) is 1. The molecule has 1 saturated heterocycles. The largest absolute Gasteiger partial charge is 0.446 e. The first-order valence-corrected chi connectivity index (χ1v) is 18.5. The number of para-hydroxylation sites is 1. The number of hydrogen-bond donors (Lipinski definition) is 0. The van der Waals surface area contributed by atoms with Crippen LogP contribution in [0, 0.1) is 0 Å². The average molecular weight is 795 g/mol. The fourth-order valence-electron chi connectivity index (χ4n) is 6.02. The van der Waals surface area contributed by atoms with Crippen LogP contribution >= 0.6 is 23.2 Å². The molecule has 5 aromatic rings. The number of hydrogen-bond acceptors (Lipinski definition) is 7. The van der Waals surface area contributed by atoms with Crippen LogP contribution in [0.3, 0.4) is 0 Å². The molecule has 1 fully saturated rings. The molecule has 0 amide bonds. The Bertz CT molecular complexity index is 1910. The van der Waals surface area contributed by atoms with E-state index in [0.717, 1.165) is 28.3 Å². The maximum absolute atomic E-state index is 14.0. The smallest absolute Gasteiger partial charge is 0.418 e. The molecule has 0 spiro atoms. The summed E-state index contributed by atoms with van der Waals surface area (Å²) in [6.45, 7) is 0.778. The van der Waals surface area contributed by atoms with Gasteiger partial charge in [0.15, 0.2) is 4.84 Å². The molecular weight excluding hydrogens is 754 g/mol. The highest BCUT2D eigenvalue weighted by Gasteiger charge is 2.50. The van der Waals surface area contributed by atoms with Gasteiger partial charge in [-0.2, -0.15) is 13.2 Å². The molecule has 1 unspecified atom stereocenters. The van der Waals surface area contributed by atoms with Gasteiger partial charge in [-0.15, -0.1) is 0 Å². The Kier molecular flexibility index (Phi) is 14.7. The molecule has 0 saturated carbocycles. The summed E-state index contributed by atoms with van der Waals surface area (Å²) in [6.07, 6.45) is -9.57. The van der Waals surface area contributed by atoms with Gasteiger partial charge in [0.2, 0.25) is 12.2 Å². The zero-order valence-corrected chi connectivity index (χ0v) is 31.2. The molecule has 0 bridgehead atoms. The van der Waals surface area contributed by atoms with Crippen molar-refractivity contribution in [1.82, 2.24) is 0 Å². The minimum Gasteiger partial charge on any atom is -0.446 e. The van der Waals surface area contributed by atoms with Gasteiger partial charge in [-0.25, -0.2) is 4.99 Å². The van der Waals surface area contributed by atoms with Crippen molar-refractivity contribution < 1.29 is 41.6 Å². The van der Waals surface area contributed by atoms with Gasteiger partial charge in [0.25, 0.3) is 0 Å². The summed E-state index contributed by atoms with van der Waals surface area (Å²) in [6, 6.07) is 43.1. The van der Waals surface area contributed by atoms with Gasteiger partial charge >= 0.3 is 6.18 Å². The summed E-state index contributed by atoms with van der Waals surface area (Å²) in [5.41, 5.74) is 2.17. The van der Waals surface area contributed by atoms with E-state index in [4.69, 9.17) is 51.6 Å². The molecule has 55 heavy (non-hydrogen) atoms. The van der Waals surface area contributed by atoms with E-state index >= 15 is 0 Å². The zero-order valence-electron chi connectivity index (χ0n) is 29.6. The third-order valence-electron chi connectivity index (χ3n) is 8.70. The quantitative estimate of drug-likeness (QED) is 0.0563. The maximum Gasteiger partial charge on any atom is 0.418 e. The van der Waals surface area contributed by atoms with E-state index in [9.17, 15) is 13.2 Å². The minimum atomic E-state index is -4.71. The average Bonchev–Trinajstić information content (AvgIpc) is 3.20.